The average molecular weight is 1600 g/mol. The predicted octanol–water partition coefficient (Wildman–Crippen LogP) is 23.7. The molecule has 530 valence electrons. The average Bonchev–Trinajstić information content (AvgIpc) is 1.49. The minimum absolute atomic E-state index is 0.0319. The van der Waals surface area contributed by atoms with E-state index in [1.807, 2.05) is 69.6 Å². The Hall–Kier alpha value is -8.96. The van der Waals surface area contributed by atoms with E-state index in [4.69, 9.17) is 48.9 Å². The number of benzene rings is 4. The molecule has 4 aromatic carbocycles. The van der Waals surface area contributed by atoms with E-state index >= 15 is 0 Å². The highest BCUT2D eigenvalue weighted by molar-refractivity contribution is 7.84. The zero-order chi connectivity index (χ0) is 74.5. The minimum Gasteiger partial charge on any atom is -0.288 e. The highest BCUT2D eigenvalue weighted by Crippen LogP contribution is 2.76. The Labute approximate surface area is 679 Å². The number of Topliss-reactive ketones (excluding diaryl/α,β-unsaturated/α-hetero) is 4. The molecule has 8 nitrogen and oxygen atoms in total. The molecule has 0 atom stereocenters. The molecule has 10 aromatic rings. The molecule has 6 aromatic heterocycles. The molecule has 0 radical (unpaired) electrons. The van der Waals surface area contributed by atoms with Crippen LogP contribution in [0.25, 0.3) is 65.4 Å². The molecule has 22 rings (SSSR count). The van der Waals surface area contributed by atoms with Gasteiger partial charge in [-0.3, -0.25) is 19.2 Å². The van der Waals surface area contributed by atoms with Gasteiger partial charge in [-0.1, -0.05) is 136 Å². The molecule has 6 heterocycles. The molecule has 0 bridgehead atoms. The molecule has 4 spiro atoms. The number of fused-ring (bicyclic) bond motifs is 24. The van der Waals surface area contributed by atoms with Crippen LogP contribution in [0.2, 0.25) is 0 Å². The molecule has 12 aliphatic rings. The Morgan fingerprint density at radius 2 is 0.636 bits per heavy atom. The molecular formula is C92H58N4O4S10. The van der Waals surface area contributed by atoms with Crippen molar-refractivity contribution in [2.75, 3.05) is 0 Å². The lowest BCUT2D eigenvalue weighted by molar-refractivity contribution is 0.0975. The number of carbonyl (C=O) groups excluding carboxylic acids is 4. The summed E-state index contributed by atoms with van der Waals surface area (Å²) < 4.78 is 5.09. The van der Waals surface area contributed by atoms with Gasteiger partial charge in [-0.15, -0.1) is 68.0 Å². The number of hydrogen-bond donors (Lipinski definition) is 0. The fourth-order valence-electron chi connectivity index (χ4n) is 22.3. The molecule has 12 aliphatic carbocycles. The minimum atomic E-state index is -0.445. The number of thiophene rings is 6. The predicted molar refractivity (Wildman–Crippen MR) is 459 cm³/mol. The topological polar surface area (TPSA) is 163 Å². The monoisotopic (exact) mass is 1600 g/mol. The van der Waals surface area contributed by atoms with E-state index in [9.17, 15) is 40.2 Å². The van der Waals surface area contributed by atoms with Crippen LogP contribution in [0.15, 0.2) is 119 Å². The molecule has 4 saturated carbocycles. The lowest BCUT2D eigenvalue weighted by Crippen LogP contribution is -2.37. The van der Waals surface area contributed by atoms with E-state index in [0.29, 0.717) is 11.8 Å². The summed E-state index contributed by atoms with van der Waals surface area (Å²) in [6, 6.07) is 39.8. The van der Waals surface area contributed by atoms with Gasteiger partial charge in [-0.05, 0) is 206 Å². The van der Waals surface area contributed by atoms with E-state index in [2.05, 4.69) is 85.0 Å². The highest BCUT2D eigenvalue weighted by Gasteiger charge is 2.63. The number of nitrogens with zero attached hydrogens (tertiary/aromatic N) is 4. The van der Waals surface area contributed by atoms with Gasteiger partial charge >= 0.3 is 0 Å². The number of rotatable bonds is 5. The van der Waals surface area contributed by atoms with Crippen LogP contribution in [0, 0.1) is 57.2 Å². The van der Waals surface area contributed by atoms with Gasteiger partial charge in [0.2, 0.25) is 0 Å². The Kier molecular flexibility index (Phi) is 15.0. The molecule has 0 aliphatic heterocycles. The summed E-state index contributed by atoms with van der Waals surface area (Å²) in [6.07, 6.45) is 27.5. The van der Waals surface area contributed by atoms with Crippen molar-refractivity contribution in [2.24, 2.45) is 11.8 Å². The van der Waals surface area contributed by atoms with E-state index in [1.165, 1.54) is 115 Å². The lowest BCUT2D eigenvalue weighted by Gasteiger charge is -2.46. The summed E-state index contributed by atoms with van der Waals surface area (Å²) in [6.45, 7) is 0. The number of carbonyl (C=O) groups is 4. The lowest BCUT2D eigenvalue weighted by atomic mass is 9.58. The van der Waals surface area contributed by atoms with Crippen LogP contribution in [0.3, 0.4) is 0 Å². The van der Waals surface area contributed by atoms with Crippen LogP contribution in [-0.2, 0) is 21.7 Å². The van der Waals surface area contributed by atoms with Gasteiger partial charge in [-0.25, -0.2) is 0 Å². The van der Waals surface area contributed by atoms with Gasteiger partial charge < -0.3 is 0 Å². The SMILES string of the molecule is N#Cc1cc2c(cc1C#N)C(=O)C(=Cc1cc3c(s1)C1=C(c4sc5cc(C=C6C(=O)c7cc(C#N)c(C#N)cc7C6=O)sc5c4C14CCCCC4)C31CCC(C3CCC4(CC3)C3=C(c5sc6cc(C=C7C(=S)c8ccccc8C7=S)sc6c54)C4(CCCCC4)c4cc(C=C5C(=S)c6ccccc6C5=S)sc43)CC1)C2=O. The van der Waals surface area contributed by atoms with E-state index in [1.54, 1.807) is 51.5 Å². The zero-order valence-corrected chi connectivity index (χ0v) is 67.1. The Balaban J connectivity index is 0.639. The number of nitriles is 4. The quantitative estimate of drug-likeness (QED) is 0.0911. The summed E-state index contributed by atoms with van der Waals surface area (Å²) >= 11 is 36.0. The molecular weight excluding hydrogens is 1550 g/mol. The highest BCUT2D eigenvalue weighted by atomic mass is 32.1. The summed E-state index contributed by atoms with van der Waals surface area (Å²) in [4.78, 5) is 70.3. The van der Waals surface area contributed by atoms with E-state index < -0.39 is 23.1 Å². The fraction of sp³-hybridized carbons (Fsp3) is 0.261. The van der Waals surface area contributed by atoms with Crippen molar-refractivity contribution < 1.29 is 19.2 Å². The summed E-state index contributed by atoms with van der Waals surface area (Å²) in [5.74, 6) is -0.769. The van der Waals surface area contributed by atoms with Gasteiger partial charge in [0.05, 0.1) is 62.3 Å². The maximum atomic E-state index is 14.5. The molecule has 18 heteroatoms. The smallest absolute Gasteiger partial charge is 0.197 e. The summed E-state index contributed by atoms with van der Waals surface area (Å²) in [5, 5.41) is 39.7. The van der Waals surface area contributed by atoms with Gasteiger partial charge in [0.15, 0.2) is 23.1 Å². The maximum Gasteiger partial charge on any atom is 0.197 e. The molecule has 110 heavy (non-hydrogen) atoms. The third-order valence-corrected chi connectivity index (χ3v) is 35.9. The van der Waals surface area contributed by atoms with Crippen molar-refractivity contribution in [3.8, 4) is 24.3 Å². The van der Waals surface area contributed by atoms with Crippen molar-refractivity contribution in [1.29, 1.82) is 21.0 Å². The van der Waals surface area contributed by atoms with Crippen LogP contribution in [0.5, 0.6) is 0 Å². The van der Waals surface area contributed by atoms with Crippen molar-refractivity contribution in [3.63, 3.8) is 0 Å². The molecule has 4 fully saturated rings. The molecule has 0 N–H and O–H groups in total. The number of hydrogen-bond acceptors (Lipinski definition) is 18. The first-order chi connectivity index (χ1) is 53.5. The Bertz CT molecular complexity index is 6430. The van der Waals surface area contributed by atoms with E-state index in [0.717, 1.165) is 164 Å². The fourth-order valence-corrected chi connectivity index (χ4v) is 32.4. The van der Waals surface area contributed by atoms with Crippen LogP contribution >= 0.6 is 117 Å². The second-order valence-corrected chi connectivity index (χ2v) is 40.1. The number of allylic oxidation sites excluding steroid dienone is 8. The van der Waals surface area contributed by atoms with Crippen molar-refractivity contribution in [2.45, 2.75) is 137 Å². The largest absolute Gasteiger partial charge is 0.288 e. The van der Waals surface area contributed by atoms with Crippen LogP contribution in [0.1, 0.15) is 263 Å². The Morgan fingerprint density at radius 3 is 0.991 bits per heavy atom. The standard InChI is InChI=1S/C92H58N4O4S10/c93-39-45-27-57-58(28-46(45)40-94)76(98)61(75(57)97)31-49-35-66-84(105-49)69-72(88-73(91(69)21-9-2-10-22-91)85-67(110-88)37-51(107-85)32-62-77(99)59-29-47(41-95)48(42-96)30-60(59)78(62)100)90(66)23-15-43(16-24-90)44-17-25-92(26-18-44)70-71(87-74(92)86-68(109-87)38-52(108-86)34-64-81(103)55-13-5-6-14-56(55)82(64)104)89(19-7-1-8-20-89)65-36-50(106-83(65)70)33-63-79(101)53-11-3-4-12-54(53)80(63)102/h3-6,11-14,27-38,43-44H,1-2,7-10,15-26H2. The third-order valence-electron chi connectivity index (χ3n) is 27.1. The zero-order valence-electron chi connectivity index (χ0n) is 58.9. The third kappa shape index (κ3) is 9.01. The number of thiocarbonyl (C=S) groups is 4. The summed E-state index contributed by atoms with van der Waals surface area (Å²) in [7, 11) is 0. The molecule has 0 unspecified atom stereocenters. The normalized spacial score (nSPS) is 23.2. The van der Waals surface area contributed by atoms with Crippen molar-refractivity contribution in [1.82, 2.24) is 0 Å². The number of ketones is 4. The first-order valence-corrected chi connectivity index (χ1v) is 44.4. The van der Waals surface area contributed by atoms with Gasteiger partial charge in [-0.2, -0.15) is 21.0 Å². The van der Waals surface area contributed by atoms with Crippen molar-refractivity contribution in [3.05, 3.63) is 247 Å². The second kappa shape index (κ2) is 24.3. The first kappa shape index (κ1) is 67.9. The van der Waals surface area contributed by atoms with Gasteiger partial charge in [0, 0.05) is 126 Å². The molecule has 0 amide bonds. The van der Waals surface area contributed by atoms with Crippen LogP contribution in [-0.4, -0.2) is 42.6 Å². The molecule has 0 saturated heterocycles. The van der Waals surface area contributed by atoms with Crippen molar-refractivity contribution >= 4 is 225 Å². The van der Waals surface area contributed by atoms with Gasteiger partial charge in [0.1, 0.15) is 24.3 Å². The second-order valence-electron chi connectivity index (χ2n) is 32.0. The van der Waals surface area contributed by atoms with E-state index in [-0.39, 0.29) is 77.3 Å². The van der Waals surface area contributed by atoms with Crippen LogP contribution < -0.4 is 0 Å². The maximum absolute atomic E-state index is 14.5. The van der Waals surface area contributed by atoms with Crippen LogP contribution in [0.4, 0.5) is 0 Å². The Morgan fingerprint density at radius 1 is 0.336 bits per heavy atom. The van der Waals surface area contributed by atoms with Gasteiger partial charge in [0.25, 0.3) is 0 Å². The summed E-state index contributed by atoms with van der Waals surface area (Å²) in [5.41, 5.74) is 18.0. The first-order valence-electron chi connectivity index (χ1n) is 37.9.